The Morgan fingerprint density at radius 1 is 1.00 bits per heavy atom. The van der Waals surface area contributed by atoms with Gasteiger partial charge in [0, 0.05) is 0 Å². The average molecular weight is 142 g/mol. The highest BCUT2D eigenvalue weighted by atomic mass is 14.2. The fourth-order valence-corrected chi connectivity index (χ4v) is 1.20. The Morgan fingerprint density at radius 3 is 1.50 bits per heavy atom. The van der Waals surface area contributed by atoms with Crippen LogP contribution in [0.3, 0.4) is 0 Å². The first-order valence-electron chi connectivity index (χ1n) is 4.33. The maximum absolute atomic E-state index is 2.34. The molecule has 0 fully saturated rings. The highest BCUT2D eigenvalue weighted by Crippen LogP contribution is 2.27. The predicted molar refractivity (Wildman–Crippen MR) is 48.1 cm³/mol. The number of rotatable bonds is 2. The van der Waals surface area contributed by atoms with Crippen LogP contribution in [0, 0.1) is 17.3 Å². The van der Waals surface area contributed by atoms with E-state index >= 15 is 0 Å². The Balaban J connectivity index is 3.68. The molecular weight excluding hydrogens is 120 g/mol. The van der Waals surface area contributed by atoms with E-state index in [0.717, 1.165) is 11.8 Å². The van der Waals surface area contributed by atoms with E-state index in [1.54, 1.807) is 0 Å². The molecule has 10 heavy (non-hydrogen) atoms. The third-order valence-corrected chi connectivity index (χ3v) is 2.07. The van der Waals surface area contributed by atoms with Crippen LogP contribution in [0.1, 0.15) is 48.0 Å². The van der Waals surface area contributed by atoms with Crippen molar-refractivity contribution in [2.45, 2.75) is 48.0 Å². The maximum atomic E-state index is 2.34. The smallest absolute Gasteiger partial charge is 0.0380 e. The van der Waals surface area contributed by atoms with Gasteiger partial charge in [0.15, 0.2) is 0 Å². The SMILES string of the molecule is CC(C)[C@@H](C)CC(C)(C)C. The lowest BCUT2D eigenvalue weighted by molar-refractivity contribution is 0.260. The molecule has 0 heteroatoms. The molecule has 0 bridgehead atoms. The quantitative estimate of drug-likeness (QED) is 0.551. The van der Waals surface area contributed by atoms with Crippen LogP contribution in [0.4, 0.5) is 0 Å². The summed E-state index contributed by atoms with van der Waals surface area (Å²) in [4.78, 5) is 0. The minimum atomic E-state index is 0.504. The lowest BCUT2D eigenvalue weighted by Gasteiger charge is -2.25. The Bertz CT molecular complexity index is 84.7. The van der Waals surface area contributed by atoms with E-state index in [9.17, 15) is 0 Å². The molecule has 1 atom stereocenters. The topological polar surface area (TPSA) is 0 Å². The molecular formula is C10H22. The molecule has 0 heterocycles. The van der Waals surface area contributed by atoms with Gasteiger partial charge in [-0.15, -0.1) is 0 Å². The first kappa shape index (κ1) is 10.0. The van der Waals surface area contributed by atoms with E-state index in [-0.39, 0.29) is 0 Å². The van der Waals surface area contributed by atoms with Crippen molar-refractivity contribution in [3.05, 3.63) is 0 Å². The zero-order valence-corrected chi connectivity index (χ0v) is 8.36. The molecule has 0 aliphatic carbocycles. The van der Waals surface area contributed by atoms with Crippen molar-refractivity contribution in [2.24, 2.45) is 17.3 Å². The second kappa shape index (κ2) is 3.41. The molecule has 0 aliphatic rings. The molecule has 62 valence electrons. The van der Waals surface area contributed by atoms with Crippen LogP contribution in [-0.4, -0.2) is 0 Å². The van der Waals surface area contributed by atoms with Gasteiger partial charge in [0.25, 0.3) is 0 Å². The van der Waals surface area contributed by atoms with Gasteiger partial charge in [-0.05, 0) is 23.7 Å². The van der Waals surface area contributed by atoms with E-state index < -0.39 is 0 Å². The molecule has 0 aromatic heterocycles. The van der Waals surface area contributed by atoms with Gasteiger partial charge in [0.2, 0.25) is 0 Å². The van der Waals surface area contributed by atoms with Gasteiger partial charge in [0.1, 0.15) is 0 Å². The monoisotopic (exact) mass is 142 g/mol. The normalized spacial score (nSPS) is 15.9. The molecule has 0 unspecified atom stereocenters. The number of hydrogen-bond acceptors (Lipinski definition) is 0. The van der Waals surface area contributed by atoms with Crippen molar-refractivity contribution >= 4 is 0 Å². The van der Waals surface area contributed by atoms with Gasteiger partial charge in [-0.2, -0.15) is 0 Å². The molecule has 0 aromatic rings. The number of hydrogen-bond donors (Lipinski definition) is 0. The molecule has 0 N–H and O–H groups in total. The van der Waals surface area contributed by atoms with Crippen LogP contribution in [-0.2, 0) is 0 Å². The van der Waals surface area contributed by atoms with E-state index in [1.165, 1.54) is 6.42 Å². The largest absolute Gasteiger partial charge is 0.0625 e. The second-order valence-electron chi connectivity index (χ2n) is 4.99. The molecule has 0 aromatic carbocycles. The summed E-state index contributed by atoms with van der Waals surface area (Å²) >= 11 is 0. The van der Waals surface area contributed by atoms with E-state index in [1.807, 2.05) is 0 Å². The highest BCUT2D eigenvalue weighted by Gasteiger charge is 2.16. The van der Waals surface area contributed by atoms with Crippen molar-refractivity contribution in [3.63, 3.8) is 0 Å². The van der Waals surface area contributed by atoms with Crippen LogP contribution < -0.4 is 0 Å². The van der Waals surface area contributed by atoms with Gasteiger partial charge < -0.3 is 0 Å². The zero-order chi connectivity index (χ0) is 8.36. The minimum Gasteiger partial charge on any atom is -0.0625 e. The summed E-state index contributed by atoms with van der Waals surface area (Å²) in [5, 5.41) is 0. The Morgan fingerprint density at radius 2 is 1.40 bits per heavy atom. The van der Waals surface area contributed by atoms with Crippen LogP contribution in [0.15, 0.2) is 0 Å². The second-order valence-corrected chi connectivity index (χ2v) is 4.99. The van der Waals surface area contributed by atoms with Gasteiger partial charge in [-0.1, -0.05) is 41.5 Å². The fraction of sp³-hybridized carbons (Fsp3) is 1.00. The molecule has 0 saturated heterocycles. The van der Waals surface area contributed by atoms with Crippen molar-refractivity contribution in [2.75, 3.05) is 0 Å². The van der Waals surface area contributed by atoms with E-state index in [2.05, 4.69) is 41.5 Å². The van der Waals surface area contributed by atoms with Gasteiger partial charge >= 0.3 is 0 Å². The molecule has 0 spiro atoms. The van der Waals surface area contributed by atoms with Crippen molar-refractivity contribution < 1.29 is 0 Å². The minimum absolute atomic E-state index is 0.504. The Kier molecular flexibility index (Phi) is 3.41. The lowest BCUT2D eigenvalue weighted by atomic mass is 9.81. The van der Waals surface area contributed by atoms with Crippen LogP contribution in [0.25, 0.3) is 0 Å². The lowest BCUT2D eigenvalue weighted by Crippen LogP contribution is -2.14. The summed E-state index contributed by atoms with van der Waals surface area (Å²) in [5.74, 6) is 1.69. The molecule has 0 rings (SSSR count). The zero-order valence-electron chi connectivity index (χ0n) is 8.36. The molecule has 0 saturated carbocycles. The predicted octanol–water partition coefficient (Wildman–Crippen LogP) is 3.71. The third kappa shape index (κ3) is 4.84. The van der Waals surface area contributed by atoms with Gasteiger partial charge in [-0.25, -0.2) is 0 Å². The van der Waals surface area contributed by atoms with E-state index in [0.29, 0.717) is 5.41 Å². The molecule has 0 amide bonds. The highest BCUT2D eigenvalue weighted by molar-refractivity contribution is 4.67. The van der Waals surface area contributed by atoms with Crippen LogP contribution >= 0.6 is 0 Å². The Hall–Kier alpha value is 0. The average Bonchev–Trinajstić information content (AvgIpc) is 1.60. The maximum Gasteiger partial charge on any atom is -0.0380 e. The molecule has 0 nitrogen and oxygen atoms in total. The first-order valence-corrected chi connectivity index (χ1v) is 4.33. The summed E-state index contributed by atoms with van der Waals surface area (Å²) in [6, 6.07) is 0. The van der Waals surface area contributed by atoms with E-state index in [4.69, 9.17) is 0 Å². The van der Waals surface area contributed by atoms with Crippen molar-refractivity contribution in [3.8, 4) is 0 Å². The van der Waals surface area contributed by atoms with Crippen molar-refractivity contribution in [1.29, 1.82) is 0 Å². The van der Waals surface area contributed by atoms with Gasteiger partial charge in [0.05, 0.1) is 0 Å². The summed E-state index contributed by atoms with van der Waals surface area (Å²) in [6.45, 7) is 13.9. The molecule has 0 aliphatic heterocycles. The summed E-state index contributed by atoms with van der Waals surface area (Å²) in [7, 11) is 0. The summed E-state index contributed by atoms with van der Waals surface area (Å²) in [6.07, 6.45) is 1.34. The standard InChI is InChI=1S/C10H22/c1-8(2)9(3)7-10(4,5)6/h8-9H,7H2,1-6H3/t9-/m0/s1. The summed E-state index contributed by atoms with van der Waals surface area (Å²) in [5.41, 5.74) is 0.504. The third-order valence-electron chi connectivity index (χ3n) is 2.07. The van der Waals surface area contributed by atoms with Crippen LogP contribution in [0.2, 0.25) is 0 Å². The Labute approximate surface area is 66.0 Å². The van der Waals surface area contributed by atoms with Crippen molar-refractivity contribution in [1.82, 2.24) is 0 Å². The first-order chi connectivity index (χ1) is 4.33. The molecule has 0 radical (unpaired) electrons. The van der Waals surface area contributed by atoms with Crippen LogP contribution in [0.5, 0.6) is 0 Å². The van der Waals surface area contributed by atoms with Gasteiger partial charge in [-0.3, -0.25) is 0 Å². The summed E-state index contributed by atoms with van der Waals surface area (Å²) < 4.78 is 0. The fourth-order valence-electron chi connectivity index (χ4n) is 1.20.